The Kier molecular flexibility index (Phi) is 5.48. The third kappa shape index (κ3) is 4.14. The first kappa shape index (κ1) is 11.1. The molecule has 0 aromatic heterocycles. The fourth-order valence-corrected chi connectivity index (χ4v) is 1.73. The number of rotatable bonds is 6. The standard InChI is InChI=1S/C10H21BO2/c1-3-4-5-6-7-10(2)11-12-8-9-13-11/h10H,3-9H2,1-2H3. The molecule has 1 aliphatic rings. The zero-order valence-electron chi connectivity index (χ0n) is 8.92. The predicted molar refractivity (Wildman–Crippen MR) is 55.8 cm³/mol. The zero-order valence-corrected chi connectivity index (χ0v) is 8.92. The molecule has 0 bridgehead atoms. The van der Waals surface area contributed by atoms with Gasteiger partial charge in [0, 0.05) is 0 Å². The second-order valence-electron chi connectivity index (χ2n) is 3.94. The van der Waals surface area contributed by atoms with Crippen LogP contribution in [0.15, 0.2) is 0 Å². The second kappa shape index (κ2) is 6.44. The van der Waals surface area contributed by atoms with Crippen LogP contribution < -0.4 is 0 Å². The van der Waals surface area contributed by atoms with Crippen LogP contribution >= 0.6 is 0 Å². The summed E-state index contributed by atoms with van der Waals surface area (Å²) >= 11 is 0. The van der Waals surface area contributed by atoms with Gasteiger partial charge >= 0.3 is 7.12 Å². The topological polar surface area (TPSA) is 18.5 Å². The summed E-state index contributed by atoms with van der Waals surface area (Å²) in [6.07, 6.45) is 6.58. The lowest BCUT2D eigenvalue weighted by Gasteiger charge is -2.12. The number of hydrogen-bond donors (Lipinski definition) is 0. The summed E-state index contributed by atoms with van der Waals surface area (Å²) in [6, 6.07) is 0. The predicted octanol–water partition coefficient (Wildman–Crippen LogP) is 2.88. The van der Waals surface area contributed by atoms with Crippen LogP contribution in [-0.2, 0) is 9.31 Å². The normalized spacial score (nSPS) is 19.4. The molecule has 0 spiro atoms. The average Bonchev–Trinajstić information content (AvgIpc) is 2.65. The second-order valence-corrected chi connectivity index (χ2v) is 3.94. The molecule has 1 atom stereocenters. The van der Waals surface area contributed by atoms with E-state index in [2.05, 4.69) is 13.8 Å². The molecule has 1 heterocycles. The van der Waals surface area contributed by atoms with Crippen molar-refractivity contribution >= 4 is 7.12 Å². The molecular formula is C10H21BO2. The summed E-state index contributed by atoms with van der Waals surface area (Å²) in [5, 5.41) is 0. The van der Waals surface area contributed by atoms with Crippen LogP contribution in [0.1, 0.15) is 46.0 Å². The highest BCUT2D eigenvalue weighted by Gasteiger charge is 2.29. The molecule has 0 aromatic carbocycles. The third-order valence-electron chi connectivity index (χ3n) is 2.63. The Bertz CT molecular complexity index is 124. The molecule has 0 N–H and O–H groups in total. The van der Waals surface area contributed by atoms with E-state index < -0.39 is 0 Å². The molecule has 2 nitrogen and oxygen atoms in total. The van der Waals surface area contributed by atoms with Gasteiger partial charge in [0.15, 0.2) is 0 Å². The first-order valence-electron chi connectivity index (χ1n) is 5.57. The van der Waals surface area contributed by atoms with Crippen molar-refractivity contribution in [2.75, 3.05) is 13.2 Å². The Balaban J connectivity index is 1.99. The summed E-state index contributed by atoms with van der Waals surface area (Å²) < 4.78 is 10.9. The number of hydrogen-bond acceptors (Lipinski definition) is 2. The minimum atomic E-state index is 0.0848. The SMILES string of the molecule is CCCCCCC(C)B1OCCO1. The van der Waals surface area contributed by atoms with Gasteiger partial charge in [-0.3, -0.25) is 0 Å². The van der Waals surface area contributed by atoms with Gasteiger partial charge in [0.1, 0.15) is 0 Å². The van der Waals surface area contributed by atoms with Crippen LogP contribution in [0.3, 0.4) is 0 Å². The van der Waals surface area contributed by atoms with Gasteiger partial charge in [-0.2, -0.15) is 0 Å². The van der Waals surface area contributed by atoms with Crippen molar-refractivity contribution in [3.05, 3.63) is 0 Å². The molecule has 0 amide bonds. The summed E-state index contributed by atoms with van der Waals surface area (Å²) in [5.74, 6) is 0.569. The molecule has 3 heteroatoms. The largest absolute Gasteiger partial charge is 0.460 e. The van der Waals surface area contributed by atoms with E-state index in [0.717, 1.165) is 13.2 Å². The molecule has 1 fully saturated rings. The Labute approximate surface area is 82.1 Å². The Morgan fingerprint density at radius 1 is 1.15 bits per heavy atom. The summed E-state index contributed by atoms with van der Waals surface area (Å²) in [6.45, 7) is 6.03. The molecule has 1 rings (SSSR count). The Hall–Kier alpha value is -0.0151. The van der Waals surface area contributed by atoms with E-state index in [1.165, 1.54) is 32.1 Å². The first-order chi connectivity index (χ1) is 6.34. The molecule has 0 radical (unpaired) electrons. The van der Waals surface area contributed by atoms with Gasteiger partial charge in [0.05, 0.1) is 13.2 Å². The van der Waals surface area contributed by atoms with Gasteiger partial charge in [-0.05, 0) is 5.82 Å². The number of unbranched alkanes of at least 4 members (excludes halogenated alkanes) is 3. The van der Waals surface area contributed by atoms with E-state index >= 15 is 0 Å². The van der Waals surface area contributed by atoms with Gasteiger partial charge < -0.3 is 9.31 Å². The first-order valence-corrected chi connectivity index (χ1v) is 5.57. The van der Waals surface area contributed by atoms with Crippen LogP contribution in [0.2, 0.25) is 5.82 Å². The minimum absolute atomic E-state index is 0.0848. The van der Waals surface area contributed by atoms with Gasteiger partial charge in [-0.15, -0.1) is 0 Å². The monoisotopic (exact) mass is 184 g/mol. The lowest BCUT2D eigenvalue weighted by atomic mass is 9.71. The van der Waals surface area contributed by atoms with Crippen LogP contribution in [0.5, 0.6) is 0 Å². The fourth-order valence-electron chi connectivity index (χ4n) is 1.73. The molecule has 0 saturated carbocycles. The van der Waals surface area contributed by atoms with Gasteiger partial charge in [0.25, 0.3) is 0 Å². The van der Waals surface area contributed by atoms with Crippen molar-refractivity contribution < 1.29 is 9.31 Å². The van der Waals surface area contributed by atoms with Gasteiger partial charge in [-0.1, -0.05) is 46.0 Å². The summed E-state index contributed by atoms with van der Waals surface area (Å²) in [7, 11) is 0.0848. The van der Waals surface area contributed by atoms with Crippen molar-refractivity contribution in [3.8, 4) is 0 Å². The lowest BCUT2D eigenvalue weighted by molar-refractivity contribution is 0.354. The van der Waals surface area contributed by atoms with Crippen LogP contribution in [0.25, 0.3) is 0 Å². The van der Waals surface area contributed by atoms with Crippen molar-refractivity contribution in [1.29, 1.82) is 0 Å². The fraction of sp³-hybridized carbons (Fsp3) is 1.00. The van der Waals surface area contributed by atoms with Crippen molar-refractivity contribution in [2.45, 2.75) is 51.8 Å². The molecular weight excluding hydrogens is 163 g/mol. The lowest BCUT2D eigenvalue weighted by Crippen LogP contribution is -2.20. The van der Waals surface area contributed by atoms with E-state index in [9.17, 15) is 0 Å². The van der Waals surface area contributed by atoms with Crippen molar-refractivity contribution in [3.63, 3.8) is 0 Å². The molecule has 0 aromatic rings. The van der Waals surface area contributed by atoms with Gasteiger partial charge in [0.2, 0.25) is 0 Å². The highest BCUT2D eigenvalue weighted by atomic mass is 16.6. The molecule has 1 aliphatic heterocycles. The van der Waals surface area contributed by atoms with Gasteiger partial charge in [-0.25, -0.2) is 0 Å². The Morgan fingerprint density at radius 2 is 1.85 bits per heavy atom. The summed E-state index contributed by atoms with van der Waals surface area (Å²) in [4.78, 5) is 0. The minimum Gasteiger partial charge on any atom is -0.409 e. The third-order valence-corrected chi connectivity index (χ3v) is 2.63. The van der Waals surface area contributed by atoms with E-state index in [0.29, 0.717) is 5.82 Å². The van der Waals surface area contributed by atoms with E-state index in [1.54, 1.807) is 0 Å². The smallest absolute Gasteiger partial charge is 0.409 e. The van der Waals surface area contributed by atoms with E-state index in [1.807, 2.05) is 0 Å². The molecule has 76 valence electrons. The van der Waals surface area contributed by atoms with E-state index in [4.69, 9.17) is 9.31 Å². The van der Waals surface area contributed by atoms with Crippen LogP contribution in [0.4, 0.5) is 0 Å². The quantitative estimate of drug-likeness (QED) is 0.466. The molecule has 1 saturated heterocycles. The summed E-state index contributed by atoms with van der Waals surface area (Å²) in [5.41, 5.74) is 0. The zero-order chi connectivity index (χ0) is 9.52. The van der Waals surface area contributed by atoms with Crippen molar-refractivity contribution in [2.24, 2.45) is 0 Å². The molecule has 0 aliphatic carbocycles. The van der Waals surface area contributed by atoms with Crippen molar-refractivity contribution in [1.82, 2.24) is 0 Å². The van der Waals surface area contributed by atoms with E-state index in [-0.39, 0.29) is 7.12 Å². The molecule has 13 heavy (non-hydrogen) atoms. The maximum absolute atomic E-state index is 5.45. The molecule has 1 unspecified atom stereocenters. The average molecular weight is 184 g/mol. The highest BCUT2D eigenvalue weighted by molar-refractivity contribution is 6.46. The maximum atomic E-state index is 5.45. The Morgan fingerprint density at radius 3 is 2.46 bits per heavy atom. The highest BCUT2D eigenvalue weighted by Crippen LogP contribution is 2.22. The van der Waals surface area contributed by atoms with Crippen LogP contribution in [-0.4, -0.2) is 20.3 Å². The van der Waals surface area contributed by atoms with Crippen LogP contribution in [0, 0.1) is 0 Å². The maximum Gasteiger partial charge on any atom is 0.460 e.